The third-order valence-electron chi connectivity index (χ3n) is 4.43. The normalized spacial score (nSPS) is 11.7. The Kier molecular flexibility index (Phi) is 5.49. The molecule has 1 aromatic heterocycles. The van der Waals surface area contributed by atoms with Gasteiger partial charge in [-0.25, -0.2) is 4.79 Å². The molecule has 3 aromatic rings. The van der Waals surface area contributed by atoms with Crippen LogP contribution in [0.25, 0.3) is 10.9 Å². The zero-order chi connectivity index (χ0) is 21.1. The van der Waals surface area contributed by atoms with E-state index < -0.39 is 28.5 Å². The summed E-state index contributed by atoms with van der Waals surface area (Å²) in [6.45, 7) is 1.41. The maximum absolute atomic E-state index is 12.8. The minimum absolute atomic E-state index is 0.0960. The van der Waals surface area contributed by atoms with Gasteiger partial charge in [-0.2, -0.15) is 0 Å². The Hall–Kier alpha value is -3.88. The van der Waals surface area contributed by atoms with E-state index >= 15 is 0 Å². The number of para-hydroxylation sites is 1. The lowest BCUT2D eigenvalue weighted by atomic mass is 10.1. The molecular weight excluding hydrogens is 380 g/mol. The monoisotopic (exact) mass is 398 g/mol. The van der Waals surface area contributed by atoms with Crippen molar-refractivity contribution in [3.63, 3.8) is 0 Å². The lowest BCUT2D eigenvalue weighted by molar-refractivity contribution is -0.385. The Morgan fingerprint density at radius 2 is 1.72 bits per heavy atom. The van der Waals surface area contributed by atoms with Crippen molar-refractivity contribution in [1.82, 2.24) is 4.98 Å². The molecule has 0 amide bonds. The molecule has 9 heteroatoms. The number of Topliss-reactive ketones (excluding diaryl/α,β-unsaturated/α-hetero) is 1. The topological polar surface area (TPSA) is 121 Å². The summed E-state index contributed by atoms with van der Waals surface area (Å²) >= 11 is 0. The number of ether oxygens (including phenoxy) is 3. The fourth-order valence-electron chi connectivity index (χ4n) is 2.95. The molecule has 29 heavy (non-hydrogen) atoms. The van der Waals surface area contributed by atoms with E-state index in [2.05, 4.69) is 4.98 Å². The van der Waals surface area contributed by atoms with Gasteiger partial charge >= 0.3 is 5.97 Å². The van der Waals surface area contributed by atoms with E-state index in [1.165, 1.54) is 27.3 Å². The largest absolute Gasteiger partial charge is 0.493 e. The van der Waals surface area contributed by atoms with Gasteiger partial charge in [0.2, 0.25) is 5.78 Å². The molecule has 1 heterocycles. The van der Waals surface area contributed by atoms with Crippen molar-refractivity contribution in [3.05, 3.63) is 63.8 Å². The first kappa shape index (κ1) is 19.9. The predicted molar refractivity (Wildman–Crippen MR) is 104 cm³/mol. The van der Waals surface area contributed by atoms with Gasteiger partial charge in [0.05, 0.1) is 25.2 Å². The number of hydrogen-bond acceptors (Lipinski definition) is 7. The van der Waals surface area contributed by atoms with Crippen LogP contribution in [-0.4, -0.2) is 42.0 Å². The van der Waals surface area contributed by atoms with E-state index in [1.54, 1.807) is 12.1 Å². The van der Waals surface area contributed by atoms with E-state index in [1.807, 2.05) is 12.1 Å². The summed E-state index contributed by atoms with van der Waals surface area (Å²) in [5.41, 5.74) is 0.276. The third-order valence-corrected chi connectivity index (χ3v) is 4.43. The minimum atomic E-state index is -1.16. The van der Waals surface area contributed by atoms with Gasteiger partial charge in [0, 0.05) is 28.7 Å². The molecule has 0 saturated carbocycles. The number of nitro groups is 1. The second-order valence-corrected chi connectivity index (χ2v) is 6.14. The Morgan fingerprint density at radius 3 is 2.38 bits per heavy atom. The summed E-state index contributed by atoms with van der Waals surface area (Å²) < 4.78 is 15.4. The number of carbonyl (C=O) groups is 2. The highest BCUT2D eigenvalue weighted by molar-refractivity contribution is 6.10. The highest BCUT2D eigenvalue weighted by atomic mass is 16.6. The van der Waals surface area contributed by atoms with E-state index in [0.717, 1.165) is 17.6 Å². The number of H-pyrrole nitrogens is 1. The number of ketones is 1. The Morgan fingerprint density at radius 1 is 1.07 bits per heavy atom. The zero-order valence-corrected chi connectivity index (χ0v) is 15.9. The van der Waals surface area contributed by atoms with E-state index in [9.17, 15) is 19.7 Å². The van der Waals surface area contributed by atoms with Crippen LogP contribution < -0.4 is 9.47 Å². The average molecular weight is 398 g/mol. The van der Waals surface area contributed by atoms with Crippen LogP contribution in [0.3, 0.4) is 0 Å². The molecule has 1 N–H and O–H groups in total. The maximum Gasteiger partial charge on any atom is 0.346 e. The molecule has 2 aromatic carbocycles. The van der Waals surface area contributed by atoms with Crippen molar-refractivity contribution in [2.75, 3.05) is 14.2 Å². The summed E-state index contributed by atoms with van der Waals surface area (Å²) in [6, 6.07) is 9.43. The quantitative estimate of drug-likeness (QED) is 0.280. The number of aromatic amines is 1. The summed E-state index contributed by atoms with van der Waals surface area (Å²) in [5, 5.41) is 12.1. The molecule has 0 unspecified atom stereocenters. The molecule has 0 saturated heterocycles. The van der Waals surface area contributed by atoms with Crippen LogP contribution in [0.15, 0.2) is 42.6 Å². The van der Waals surface area contributed by atoms with E-state index in [-0.39, 0.29) is 17.1 Å². The molecule has 1 atom stereocenters. The van der Waals surface area contributed by atoms with Gasteiger partial charge in [0.1, 0.15) is 5.56 Å². The van der Waals surface area contributed by atoms with Crippen molar-refractivity contribution >= 4 is 28.3 Å². The fourth-order valence-corrected chi connectivity index (χ4v) is 2.95. The number of fused-ring (bicyclic) bond motifs is 1. The van der Waals surface area contributed by atoms with Crippen LogP contribution in [-0.2, 0) is 4.74 Å². The van der Waals surface area contributed by atoms with Crippen molar-refractivity contribution in [2.45, 2.75) is 13.0 Å². The van der Waals surface area contributed by atoms with Crippen molar-refractivity contribution in [2.24, 2.45) is 0 Å². The number of nitrogens with zero attached hydrogens (tertiary/aromatic N) is 1. The van der Waals surface area contributed by atoms with Crippen molar-refractivity contribution < 1.29 is 28.7 Å². The zero-order valence-electron chi connectivity index (χ0n) is 15.9. The van der Waals surface area contributed by atoms with Crippen LogP contribution >= 0.6 is 0 Å². The summed E-state index contributed by atoms with van der Waals surface area (Å²) in [5.74, 6) is -1.23. The Labute approximate surface area is 165 Å². The van der Waals surface area contributed by atoms with Crippen molar-refractivity contribution in [3.8, 4) is 11.5 Å². The molecule has 0 bridgehead atoms. The fraction of sp³-hybridized carbons (Fsp3) is 0.200. The van der Waals surface area contributed by atoms with E-state index in [0.29, 0.717) is 10.9 Å². The standard InChI is InChI=1S/C20H18N2O7/c1-11(19(23)14-10-21-15-7-5-4-6-12(14)15)29-20(24)13-8-17(27-2)18(28-3)9-16(13)22(25)26/h4-11,21H,1-3H3/t11-/m0/s1. The lowest BCUT2D eigenvalue weighted by Gasteiger charge is -2.14. The number of esters is 1. The second-order valence-electron chi connectivity index (χ2n) is 6.14. The molecular formula is C20H18N2O7. The highest BCUT2D eigenvalue weighted by Crippen LogP contribution is 2.35. The summed E-state index contributed by atoms with van der Waals surface area (Å²) in [6.07, 6.45) is 0.380. The number of carbonyl (C=O) groups excluding carboxylic acids is 2. The van der Waals surface area contributed by atoms with Gasteiger partial charge in [-0.1, -0.05) is 18.2 Å². The van der Waals surface area contributed by atoms with Gasteiger partial charge < -0.3 is 19.2 Å². The Bertz CT molecular complexity index is 1100. The first-order valence-electron chi connectivity index (χ1n) is 8.59. The van der Waals surface area contributed by atoms with Crippen molar-refractivity contribution in [1.29, 1.82) is 0 Å². The number of benzene rings is 2. The molecule has 0 fully saturated rings. The molecule has 150 valence electrons. The van der Waals surface area contributed by atoms with E-state index in [4.69, 9.17) is 14.2 Å². The number of aromatic nitrogens is 1. The number of nitrogens with one attached hydrogen (secondary N) is 1. The predicted octanol–water partition coefficient (Wildman–Crippen LogP) is 3.52. The molecule has 9 nitrogen and oxygen atoms in total. The molecule has 0 spiro atoms. The van der Waals surface area contributed by atoms with Gasteiger partial charge in [-0.15, -0.1) is 0 Å². The van der Waals surface area contributed by atoms with Gasteiger partial charge in [-0.05, 0) is 13.0 Å². The highest BCUT2D eigenvalue weighted by Gasteiger charge is 2.29. The average Bonchev–Trinajstić information content (AvgIpc) is 3.15. The Balaban J connectivity index is 1.89. The van der Waals surface area contributed by atoms with Crippen LogP contribution in [0.5, 0.6) is 11.5 Å². The number of hydrogen-bond donors (Lipinski definition) is 1. The summed E-state index contributed by atoms with van der Waals surface area (Å²) in [4.78, 5) is 39.0. The van der Waals surface area contributed by atoms with Crippen LogP contribution in [0.1, 0.15) is 27.6 Å². The van der Waals surface area contributed by atoms with Crippen LogP contribution in [0, 0.1) is 10.1 Å². The minimum Gasteiger partial charge on any atom is -0.493 e. The first-order valence-corrected chi connectivity index (χ1v) is 8.59. The van der Waals surface area contributed by atoms with Gasteiger partial charge in [-0.3, -0.25) is 14.9 Å². The lowest BCUT2D eigenvalue weighted by Crippen LogP contribution is -2.24. The number of methoxy groups -OCH3 is 2. The molecule has 0 aliphatic heterocycles. The third kappa shape index (κ3) is 3.75. The van der Waals surface area contributed by atoms with Crippen LogP contribution in [0.4, 0.5) is 5.69 Å². The molecule has 0 aliphatic rings. The summed E-state index contributed by atoms with van der Waals surface area (Å²) in [7, 11) is 2.66. The first-order chi connectivity index (χ1) is 13.9. The van der Waals surface area contributed by atoms with Gasteiger partial charge in [0.15, 0.2) is 17.6 Å². The smallest absolute Gasteiger partial charge is 0.346 e. The molecule has 0 radical (unpaired) electrons. The van der Waals surface area contributed by atoms with Crippen LogP contribution in [0.2, 0.25) is 0 Å². The van der Waals surface area contributed by atoms with Gasteiger partial charge in [0.25, 0.3) is 5.69 Å². The SMILES string of the molecule is COc1cc(C(=O)O[C@@H](C)C(=O)c2c[nH]c3ccccc23)c([N+](=O)[O-])cc1OC. The number of rotatable bonds is 7. The molecule has 0 aliphatic carbocycles. The molecule has 3 rings (SSSR count). The number of nitro benzene ring substituents is 1. The maximum atomic E-state index is 12.8. The second kappa shape index (κ2) is 8.01.